The number of nitrogens with zero attached hydrogens (tertiary/aromatic N) is 2. The van der Waals surface area contributed by atoms with Crippen LogP contribution in [0.25, 0.3) is 0 Å². The summed E-state index contributed by atoms with van der Waals surface area (Å²) in [6.07, 6.45) is 5.18. The summed E-state index contributed by atoms with van der Waals surface area (Å²) in [5.41, 5.74) is 3.35. The molecule has 3 rings (SSSR count). The first-order valence-corrected chi connectivity index (χ1v) is 9.52. The number of carbonyl (C=O) groups is 1. The lowest BCUT2D eigenvalue weighted by molar-refractivity contribution is 0.102. The summed E-state index contributed by atoms with van der Waals surface area (Å²) in [6, 6.07) is 11.8. The van der Waals surface area contributed by atoms with Gasteiger partial charge in [0.1, 0.15) is 5.69 Å². The normalized spacial score (nSPS) is 14.9. The molecule has 0 aliphatic carbocycles. The van der Waals surface area contributed by atoms with Gasteiger partial charge in [0.2, 0.25) is 0 Å². The van der Waals surface area contributed by atoms with Crippen LogP contribution in [0.5, 0.6) is 0 Å². The Morgan fingerprint density at radius 1 is 1.15 bits per heavy atom. The fourth-order valence-electron chi connectivity index (χ4n) is 3.15. The third-order valence-electron chi connectivity index (χ3n) is 4.85. The topological polar surface area (TPSA) is 57.3 Å². The number of hydrogen-bond donors (Lipinski definition) is 2. The van der Waals surface area contributed by atoms with Gasteiger partial charge in [0.05, 0.1) is 0 Å². The quantitative estimate of drug-likeness (QED) is 0.809. The summed E-state index contributed by atoms with van der Waals surface area (Å²) in [6.45, 7) is 7.51. The lowest BCUT2D eigenvalue weighted by Crippen LogP contribution is -2.32. The molecule has 1 aromatic heterocycles. The van der Waals surface area contributed by atoms with Crippen molar-refractivity contribution in [3.8, 4) is 0 Å². The van der Waals surface area contributed by atoms with Gasteiger partial charge in [0, 0.05) is 42.9 Å². The maximum absolute atomic E-state index is 12.5. The van der Waals surface area contributed by atoms with Gasteiger partial charge in [-0.15, -0.1) is 0 Å². The molecule has 0 unspecified atom stereocenters. The van der Waals surface area contributed by atoms with Crippen molar-refractivity contribution in [2.75, 3.05) is 35.2 Å². The number of hydrogen-bond acceptors (Lipinski definition) is 4. The monoisotopic (exact) mass is 352 g/mol. The zero-order valence-electron chi connectivity index (χ0n) is 15.7. The van der Waals surface area contributed by atoms with Crippen molar-refractivity contribution in [2.24, 2.45) is 5.92 Å². The van der Waals surface area contributed by atoms with Gasteiger partial charge in [0.15, 0.2) is 0 Å². The molecule has 0 spiro atoms. The molecule has 2 N–H and O–H groups in total. The van der Waals surface area contributed by atoms with Gasteiger partial charge < -0.3 is 15.5 Å². The Morgan fingerprint density at radius 3 is 2.58 bits per heavy atom. The van der Waals surface area contributed by atoms with Gasteiger partial charge in [-0.2, -0.15) is 0 Å². The molecule has 5 nitrogen and oxygen atoms in total. The predicted molar refractivity (Wildman–Crippen MR) is 108 cm³/mol. The van der Waals surface area contributed by atoms with Crippen molar-refractivity contribution in [2.45, 2.75) is 33.1 Å². The minimum absolute atomic E-state index is 0.190. The van der Waals surface area contributed by atoms with Crippen LogP contribution in [0.3, 0.4) is 0 Å². The van der Waals surface area contributed by atoms with Crippen LogP contribution in [0.2, 0.25) is 0 Å². The number of aromatic nitrogens is 1. The fourth-order valence-corrected chi connectivity index (χ4v) is 3.15. The lowest BCUT2D eigenvalue weighted by Gasteiger charge is -2.32. The molecule has 2 aromatic rings. The van der Waals surface area contributed by atoms with Crippen LogP contribution in [0.4, 0.5) is 17.1 Å². The Morgan fingerprint density at radius 2 is 1.88 bits per heavy atom. The van der Waals surface area contributed by atoms with E-state index in [0.717, 1.165) is 43.3 Å². The molecule has 26 heavy (non-hydrogen) atoms. The van der Waals surface area contributed by atoms with Gasteiger partial charge in [-0.1, -0.05) is 13.8 Å². The molecule has 1 aliphatic heterocycles. The number of amides is 1. The number of anilines is 3. The van der Waals surface area contributed by atoms with Crippen molar-refractivity contribution in [3.63, 3.8) is 0 Å². The third-order valence-corrected chi connectivity index (χ3v) is 4.85. The first-order chi connectivity index (χ1) is 12.7. The minimum Gasteiger partial charge on any atom is -0.385 e. The van der Waals surface area contributed by atoms with Crippen LogP contribution in [-0.2, 0) is 0 Å². The molecule has 1 amide bonds. The van der Waals surface area contributed by atoms with Crippen LogP contribution in [-0.4, -0.2) is 30.5 Å². The number of nitrogens with one attached hydrogen (secondary N) is 2. The van der Waals surface area contributed by atoms with E-state index in [1.54, 1.807) is 12.3 Å². The molecule has 1 aromatic carbocycles. The van der Waals surface area contributed by atoms with Crippen molar-refractivity contribution >= 4 is 23.0 Å². The number of pyridine rings is 1. The average Bonchev–Trinajstić information content (AvgIpc) is 2.68. The van der Waals surface area contributed by atoms with Crippen molar-refractivity contribution in [3.05, 3.63) is 48.3 Å². The second-order valence-corrected chi connectivity index (χ2v) is 7.03. The lowest BCUT2D eigenvalue weighted by atomic mass is 9.99. The van der Waals surface area contributed by atoms with E-state index in [9.17, 15) is 4.79 Å². The molecule has 1 saturated heterocycles. The first-order valence-electron chi connectivity index (χ1n) is 9.52. The average molecular weight is 352 g/mol. The molecule has 0 saturated carbocycles. The number of carbonyl (C=O) groups excluding carboxylic acids is 1. The van der Waals surface area contributed by atoms with E-state index in [1.807, 2.05) is 18.2 Å². The van der Waals surface area contributed by atoms with E-state index in [4.69, 9.17) is 0 Å². The highest BCUT2D eigenvalue weighted by atomic mass is 16.1. The molecular formula is C21H28N4O. The molecular weight excluding hydrogens is 324 g/mol. The number of rotatable bonds is 6. The summed E-state index contributed by atoms with van der Waals surface area (Å²) in [7, 11) is 0. The Kier molecular flexibility index (Phi) is 6.10. The van der Waals surface area contributed by atoms with Crippen LogP contribution >= 0.6 is 0 Å². The zero-order valence-corrected chi connectivity index (χ0v) is 15.7. The highest BCUT2D eigenvalue weighted by molar-refractivity contribution is 6.03. The van der Waals surface area contributed by atoms with Gasteiger partial charge in [-0.3, -0.25) is 9.78 Å². The van der Waals surface area contributed by atoms with Crippen LogP contribution in [0.1, 0.15) is 43.6 Å². The van der Waals surface area contributed by atoms with Crippen molar-refractivity contribution in [1.82, 2.24) is 4.98 Å². The first kappa shape index (κ1) is 18.2. The largest absolute Gasteiger partial charge is 0.385 e. The van der Waals surface area contributed by atoms with E-state index in [1.165, 1.54) is 18.5 Å². The molecule has 0 radical (unpaired) electrons. The third kappa shape index (κ3) is 4.75. The smallest absolute Gasteiger partial charge is 0.274 e. The molecule has 5 heteroatoms. The number of piperidine rings is 1. The molecule has 0 atom stereocenters. The second-order valence-electron chi connectivity index (χ2n) is 7.03. The minimum atomic E-state index is -0.190. The van der Waals surface area contributed by atoms with Crippen molar-refractivity contribution in [1.29, 1.82) is 0 Å². The fraction of sp³-hybridized carbons (Fsp3) is 0.429. The highest BCUT2D eigenvalue weighted by Crippen LogP contribution is 2.24. The van der Waals surface area contributed by atoms with E-state index in [-0.39, 0.29) is 5.91 Å². The maximum Gasteiger partial charge on any atom is 0.274 e. The Bertz CT molecular complexity index is 721. The predicted octanol–water partition coefficient (Wildman–Crippen LogP) is 4.39. The molecule has 1 fully saturated rings. The summed E-state index contributed by atoms with van der Waals surface area (Å²) >= 11 is 0. The van der Waals surface area contributed by atoms with Gasteiger partial charge >= 0.3 is 0 Å². The Labute approximate surface area is 155 Å². The van der Waals surface area contributed by atoms with Gasteiger partial charge in [-0.25, -0.2) is 0 Å². The van der Waals surface area contributed by atoms with Crippen LogP contribution in [0, 0.1) is 5.92 Å². The summed E-state index contributed by atoms with van der Waals surface area (Å²) in [5, 5.41) is 6.21. The van der Waals surface area contributed by atoms with Gasteiger partial charge in [-0.05, 0) is 61.6 Å². The van der Waals surface area contributed by atoms with E-state index in [0.29, 0.717) is 5.69 Å². The standard InChI is InChI=1S/C21H28N4O/c1-3-11-22-18-8-12-23-20(15-18)21(26)24-17-4-6-19(7-5-17)25-13-9-16(2)10-14-25/h4-8,12,15-16H,3,9-11,13-14H2,1-2H3,(H,22,23)(H,24,26). The summed E-state index contributed by atoms with van der Waals surface area (Å²) in [4.78, 5) is 19.0. The molecule has 1 aliphatic rings. The van der Waals surface area contributed by atoms with Crippen molar-refractivity contribution < 1.29 is 4.79 Å². The van der Waals surface area contributed by atoms with E-state index >= 15 is 0 Å². The van der Waals surface area contributed by atoms with Gasteiger partial charge in [0.25, 0.3) is 5.91 Å². The van der Waals surface area contributed by atoms with Crippen LogP contribution in [0.15, 0.2) is 42.6 Å². The number of benzene rings is 1. The Hall–Kier alpha value is -2.56. The van der Waals surface area contributed by atoms with E-state index < -0.39 is 0 Å². The summed E-state index contributed by atoms with van der Waals surface area (Å²) in [5.74, 6) is 0.629. The SMILES string of the molecule is CCCNc1ccnc(C(=O)Nc2ccc(N3CCC(C)CC3)cc2)c1. The highest BCUT2D eigenvalue weighted by Gasteiger charge is 2.16. The van der Waals surface area contributed by atoms with E-state index in [2.05, 4.69) is 46.5 Å². The Balaban J connectivity index is 1.61. The zero-order chi connectivity index (χ0) is 18.4. The van der Waals surface area contributed by atoms with Crippen LogP contribution < -0.4 is 15.5 Å². The molecule has 0 bridgehead atoms. The molecule has 2 heterocycles. The second kappa shape index (κ2) is 8.70. The molecule has 138 valence electrons. The maximum atomic E-state index is 12.5. The summed E-state index contributed by atoms with van der Waals surface area (Å²) < 4.78 is 0.